The largest absolute Gasteiger partial charge is 0.490 e. The topological polar surface area (TPSA) is 61.6 Å². The number of carbonyl (C=O) groups is 1. The summed E-state index contributed by atoms with van der Waals surface area (Å²) in [7, 11) is 0. The summed E-state index contributed by atoms with van der Waals surface area (Å²) >= 11 is 0. The zero-order chi connectivity index (χ0) is 13.5. The molecular weight excluding hydrogens is 242 g/mol. The Hall–Kier alpha value is -2.49. The van der Waals surface area contributed by atoms with Gasteiger partial charge in [-0.15, -0.1) is 0 Å². The molecule has 0 aromatic heterocycles. The molecule has 0 aliphatic heterocycles. The molecule has 1 amide bonds. The Morgan fingerprint density at radius 2 is 1.53 bits per heavy atom. The van der Waals surface area contributed by atoms with Crippen molar-refractivity contribution in [2.75, 3.05) is 13.2 Å². The lowest BCUT2D eigenvalue weighted by Crippen LogP contribution is -2.15. The van der Waals surface area contributed by atoms with E-state index >= 15 is 0 Å². The molecule has 19 heavy (non-hydrogen) atoms. The molecule has 0 saturated heterocycles. The van der Waals surface area contributed by atoms with E-state index in [-0.39, 0.29) is 0 Å². The van der Waals surface area contributed by atoms with Crippen molar-refractivity contribution in [2.24, 2.45) is 5.73 Å². The van der Waals surface area contributed by atoms with Crippen LogP contribution in [0.25, 0.3) is 0 Å². The van der Waals surface area contributed by atoms with Crippen molar-refractivity contribution < 1.29 is 14.3 Å². The summed E-state index contributed by atoms with van der Waals surface area (Å²) in [6.07, 6.45) is 0. The highest BCUT2D eigenvalue weighted by molar-refractivity contribution is 5.95. The third-order valence-electron chi connectivity index (χ3n) is 2.51. The first-order valence-electron chi connectivity index (χ1n) is 5.97. The molecule has 2 aromatic carbocycles. The van der Waals surface area contributed by atoms with Crippen molar-refractivity contribution in [3.8, 4) is 11.5 Å². The average Bonchev–Trinajstić information content (AvgIpc) is 2.45. The smallest absolute Gasteiger partial charge is 0.252 e. The Bertz CT molecular complexity index is 540. The van der Waals surface area contributed by atoms with Crippen LogP contribution < -0.4 is 15.2 Å². The molecule has 2 aromatic rings. The van der Waals surface area contributed by atoms with Gasteiger partial charge in [0, 0.05) is 0 Å². The number of hydrogen-bond donors (Lipinski definition) is 1. The number of rotatable bonds is 6. The van der Waals surface area contributed by atoms with Crippen LogP contribution in [0.3, 0.4) is 0 Å². The van der Waals surface area contributed by atoms with Gasteiger partial charge in [0.15, 0.2) is 0 Å². The second kappa shape index (κ2) is 6.44. The first kappa shape index (κ1) is 13.0. The van der Waals surface area contributed by atoms with Gasteiger partial charge in [0.25, 0.3) is 5.91 Å². The second-order valence-corrected chi connectivity index (χ2v) is 3.87. The molecule has 2 N–H and O–H groups in total. The average molecular weight is 257 g/mol. The van der Waals surface area contributed by atoms with Crippen LogP contribution in [0.4, 0.5) is 0 Å². The molecule has 0 saturated carbocycles. The van der Waals surface area contributed by atoms with E-state index in [2.05, 4.69) is 0 Å². The van der Waals surface area contributed by atoms with Gasteiger partial charge in [-0.25, -0.2) is 0 Å². The normalized spacial score (nSPS) is 9.89. The predicted molar refractivity (Wildman–Crippen MR) is 72.4 cm³/mol. The number of para-hydroxylation sites is 2. The van der Waals surface area contributed by atoms with Crippen LogP contribution in [-0.4, -0.2) is 19.1 Å². The van der Waals surface area contributed by atoms with E-state index in [9.17, 15) is 4.79 Å². The minimum atomic E-state index is -0.500. The molecule has 2 rings (SSSR count). The van der Waals surface area contributed by atoms with Crippen LogP contribution in [0.1, 0.15) is 10.4 Å². The Morgan fingerprint density at radius 1 is 0.895 bits per heavy atom. The fourth-order valence-corrected chi connectivity index (χ4v) is 1.62. The third kappa shape index (κ3) is 3.74. The molecular formula is C15H15NO3. The minimum Gasteiger partial charge on any atom is -0.490 e. The van der Waals surface area contributed by atoms with Crippen LogP contribution in [-0.2, 0) is 0 Å². The number of benzene rings is 2. The molecule has 98 valence electrons. The molecule has 0 fully saturated rings. The summed E-state index contributed by atoms with van der Waals surface area (Å²) in [4.78, 5) is 11.2. The number of primary amides is 1. The maximum atomic E-state index is 11.2. The lowest BCUT2D eigenvalue weighted by molar-refractivity contribution is 0.0995. The van der Waals surface area contributed by atoms with Gasteiger partial charge in [0.05, 0.1) is 5.56 Å². The van der Waals surface area contributed by atoms with Crippen molar-refractivity contribution in [2.45, 2.75) is 0 Å². The monoisotopic (exact) mass is 257 g/mol. The predicted octanol–water partition coefficient (Wildman–Crippen LogP) is 2.24. The van der Waals surface area contributed by atoms with Crippen LogP contribution in [0.15, 0.2) is 54.6 Å². The molecule has 0 radical (unpaired) electrons. The van der Waals surface area contributed by atoms with Gasteiger partial charge in [-0.2, -0.15) is 0 Å². The van der Waals surface area contributed by atoms with E-state index in [1.807, 2.05) is 30.3 Å². The fourth-order valence-electron chi connectivity index (χ4n) is 1.62. The van der Waals surface area contributed by atoms with E-state index in [4.69, 9.17) is 15.2 Å². The van der Waals surface area contributed by atoms with E-state index in [0.29, 0.717) is 24.5 Å². The molecule has 0 atom stereocenters. The van der Waals surface area contributed by atoms with Crippen LogP contribution in [0.2, 0.25) is 0 Å². The molecule has 0 unspecified atom stereocenters. The molecule has 4 nitrogen and oxygen atoms in total. The minimum absolute atomic E-state index is 0.346. The highest BCUT2D eigenvalue weighted by Gasteiger charge is 2.07. The lowest BCUT2D eigenvalue weighted by atomic mass is 10.2. The van der Waals surface area contributed by atoms with Gasteiger partial charge >= 0.3 is 0 Å². The highest BCUT2D eigenvalue weighted by atomic mass is 16.5. The second-order valence-electron chi connectivity index (χ2n) is 3.87. The van der Waals surface area contributed by atoms with E-state index in [1.165, 1.54) is 0 Å². The molecule has 0 bridgehead atoms. The summed E-state index contributed by atoms with van der Waals surface area (Å²) in [6, 6.07) is 16.4. The Balaban J connectivity index is 1.85. The Labute approximate surface area is 111 Å². The van der Waals surface area contributed by atoms with Crippen LogP contribution >= 0.6 is 0 Å². The number of ether oxygens (including phenoxy) is 2. The molecule has 0 aliphatic carbocycles. The fraction of sp³-hybridized carbons (Fsp3) is 0.133. The summed E-state index contributed by atoms with van der Waals surface area (Å²) in [6.45, 7) is 0.746. The standard InChI is InChI=1S/C15H15NO3/c16-15(17)13-8-4-5-9-14(13)19-11-10-18-12-6-2-1-3-7-12/h1-9H,10-11H2,(H2,16,17). The van der Waals surface area contributed by atoms with Crippen molar-refractivity contribution in [1.29, 1.82) is 0 Å². The maximum Gasteiger partial charge on any atom is 0.252 e. The first-order chi connectivity index (χ1) is 9.27. The van der Waals surface area contributed by atoms with Crippen molar-refractivity contribution in [1.82, 2.24) is 0 Å². The molecule has 0 aliphatic rings. The summed E-state index contributed by atoms with van der Waals surface area (Å²) in [5, 5.41) is 0. The maximum absolute atomic E-state index is 11.2. The lowest BCUT2D eigenvalue weighted by Gasteiger charge is -2.10. The van der Waals surface area contributed by atoms with Gasteiger partial charge in [-0.05, 0) is 24.3 Å². The Kier molecular flexibility index (Phi) is 4.39. The van der Waals surface area contributed by atoms with Crippen LogP contribution in [0, 0.1) is 0 Å². The number of nitrogens with two attached hydrogens (primary N) is 1. The third-order valence-corrected chi connectivity index (χ3v) is 2.51. The Morgan fingerprint density at radius 3 is 2.26 bits per heavy atom. The van der Waals surface area contributed by atoms with Gasteiger partial charge in [0.2, 0.25) is 0 Å². The van der Waals surface area contributed by atoms with E-state index < -0.39 is 5.91 Å². The quantitative estimate of drug-likeness (QED) is 0.807. The number of hydrogen-bond acceptors (Lipinski definition) is 3. The van der Waals surface area contributed by atoms with Crippen molar-refractivity contribution >= 4 is 5.91 Å². The number of carbonyl (C=O) groups excluding carboxylic acids is 1. The SMILES string of the molecule is NC(=O)c1ccccc1OCCOc1ccccc1. The van der Waals surface area contributed by atoms with Crippen molar-refractivity contribution in [3.05, 3.63) is 60.2 Å². The molecule has 4 heteroatoms. The summed E-state index contributed by atoms with van der Waals surface area (Å²) in [5.41, 5.74) is 5.64. The van der Waals surface area contributed by atoms with E-state index in [1.54, 1.807) is 24.3 Å². The first-order valence-corrected chi connectivity index (χ1v) is 5.97. The summed E-state index contributed by atoms with van der Waals surface area (Å²) < 4.78 is 11.0. The number of amides is 1. The van der Waals surface area contributed by atoms with E-state index in [0.717, 1.165) is 5.75 Å². The van der Waals surface area contributed by atoms with Gasteiger partial charge in [-0.1, -0.05) is 30.3 Å². The molecule has 0 heterocycles. The van der Waals surface area contributed by atoms with Gasteiger partial charge in [-0.3, -0.25) is 4.79 Å². The van der Waals surface area contributed by atoms with Gasteiger partial charge < -0.3 is 15.2 Å². The zero-order valence-electron chi connectivity index (χ0n) is 10.4. The molecule has 0 spiro atoms. The van der Waals surface area contributed by atoms with Gasteiger partial charge in [0.1, 0.15) is 24.7 Å². The zero-order valence-corrected chi connectivity index (χ0v) is 10.4. The summed E-state index contributed by atoms with van der Waals surface area (Å²) in [5.74, 6) is 0.764. The van der Waals surface area contributed by atoms with Crippen molar-refractivity contribution in [3.63, 3.8) is 0 Å². The highest BCUT2D eigenvalue weighted by Crippen LogP contribution is 2.17. The van der Waals surface area contributed by atoms with Crippen LogP contribution in [0.5, 0.6) is 11.5 Å².